The molecule has 0 N–H and O–H groups in total. The highest BCUT2D eigenvalue weighted by atomic mass is 35.5. The van der Waals surface area contributed by atoms with E-state index in [1.165, 1.54) is 0 Å². The van der Waals surface area contributed by atoms with Gasteiger partial charge in [0.1, 0.15) is 0 Å². The van der Waals surface area contributed by atoms with E-state index < -0.39 is 8.56 Å². The zero-order chi connectivity index (χ0) is 8.74. The smallest absolute Gasteiger partial charge is 0.368 e. The molecule has 0 amide bonds. The largest absolute Gasteiger partial charge is 0.393 e. The van der Waals surface area contributed by atoms with E-state index in [4.69, 9.17) is 32.1 Å². The topological polar surface area (TPSA) is 18.5 Å². The average Bonchev–Trinajstić information content (AvgIpc) is 2.04. The van der Waals surface area contributed by atoms with Crippen LogP contribution in [0.4, 0.5) is 0 Å². The van der Waals surface area contributed by atoms with Crippen molar-refractivity contribution in [2.24, 2.45) is 0 Å². The molecule has 0 saturated heterocycles. The molecule has 2 nitrogen and oxygen atoms in total. The summed E-state index contributed by atoms with van der Waals surface area (Å²) in [4.78, 5) is 0. The van der Waals surface area contributed by atoms with Crippen LogP contribution in [-0.2, 0) is 8.85 Å². The van der Waals surface area contributed by atoms with E-state index in [1.807, 2.05) is 13.8 Å². The van der Waals surface area contributed by atoms with E-state index in [2.05, 4.69) is 0 Å². The lowest BCUT2D eigenvalue weighted by Gasteiger charge is -2.25. The summed E-state index contributed by atoms with van der Waals surface area (Å²) in [5.41, 5.74) is 0.802. The fourth-order valence-electron chi connectivity index (χ4n) is 0.758. The van der Waals surface area contributed by atoms with Gasteiger partial charge in [-0.2, -0.15) is 0 Å². The van der Waals surface area contributed by atoms with Crippen molar-refractivity contribution < 1.29 is 8.85 Å². The van der Waals surface area contributed by atoms with Crippen LogP contribution < -0.4 is 0 Å². The Kier molecular flexibility index (Phi) is 6.66. The number of hydrogen-bond donors (Lipinski definition) is 0. The number of halogens is 2. The Morgan fingerprint density at radius 3 is 1.55 bits per heavy atom. The SMILES string of the molecule is CCO[Si](CCl)(CCl)OCC. The molecule has 0 aliphatic rings. The van der Waals surface area contributed by atoms with Crippen LogP contribution in [0.1, 0.15) is 13.8 Å². The van der Waals surface area contributed by atoms with Gasteiger partial charge in [0.2, 0.25) is 0 Å². The molecule has 0 heterocycles. The molecule has 0 radical (unpaired) electrons. The molecule has 0 unspecified atom stereocenters. The monoisotopic (exact) mass is 216 g/mol. The molecule has 0 aliphatic carbocycles. The fraction of sp³-hybridized carbons (Fsp3) is 1.00. The third kappa shape index (κ3) is 3.76. The molecule has 0 rings (SSSR count). The van der Waals surface area contributed by atoms with Crippen LogP contribution in [0.2, 0.25) is 0 Å². The molecule has 0 spiro atoms. The standard InChI is InChI=1S/C6H14Cl2O2Si/c1-3-9-11(5-7,6-8)10-4-2/h3-6H2,1-2H3. The first-order valence-corrected chi connectivity index (χ1v) is 6.94. The quantitative estimate of drug-likeness (QED) is 0.500. The second kappa shape index (κ2) is 6.26. The normalized spacial score (nSPS) is 12.0. The van der Waals surface area contributed by atoms with Crippen molar-refractivity contribution in [2.45, 2.75) is 13.8 Å². The van der Waals surface area contributed by atoms with Crippen molar-refractivity contribution in [3.63, 3.8) is 0 Å². The lowest BCUT2D eigenvalue weighted by Crippen LogP contribution is -2.47. The molecule has 11 heavy (non-hydrogen) atoms. The maximum Gasteiger partial charge on any atom is 0.368 e. The van der Waals surface area contributed by atoms with Crippen molar-refractivity contribution in [1.82, 2.24) is 0 Å². The molecule has 0 aromatic heterocycles. The van der Waals surface area contributed by atoms with Crippen molar-refractivity contribution in [1.29, 1.82) is 0 Å². The van der Waals surface area contributed by atoms with Gasteiger partial charge in [0.25, 0.3) is 0 Å². The van der Waals surface area contributed by atoms with Gasteiger partial charge in [-0.1, -0.05) is 0 Å². The second-order valence-electron chi connectivity index (χ2n) is 2.04. The highest BCUT2D eigenvalue weighted by molar-refractivity contribution is 6.80. The number of rotatable bonds is 6. The zero-order valence-electron chi connectivity index (χ0n) is 6.90. The summed E-state index contributed by atoms with van der Waals surface area (Å²) < 4.78 is 10.8. The maximum absolute atomic E-state index is 5.71. The van der Waals surface area contributed by atoms with Crippen LogP contribution in [-0.4, -0.2) is 32.8 Å². The van der Waals surface area contributed by atoms with Gasteiger partial charge >= 0.3 is 8.56 Å². The molecule has 0 aliphatic heterocycles. The summed E-state index contributed by atoms with van der Waals surface area (Å²) >= 11 is 11.4. The lowest BCUT2D eigenvalue weighted by molar-refractivity contribution is 0.193. The average molecular weight is 217 g/mol. The molecule has 0 saturated carbocycles. The van der Waals surface area contributed by atoms with Crippen LogP contribution in [0, 0.1) is 0 Å². The van der Waals surface area contributed by atoms with E-state index in [-0.39, 0.29) is 0 Å². The van der Waals surface area contributed by atoms with Gasteiger partial charge in [-0.3, -0.25) is 0 Å². The summed E-state index contributed by atoms with van der Waals surface area (Å²) in [6, 6.07) is 0. The summed E-state index contributed by atoms with van der Waals surface area (Å²) in [5.74, 6) is 0. The molecule has 0 atom stereocenters. The minimum Gasteiger partial charge on any atom is -0.393 e. The Morgan fingerprint density at radius 1 is 1.00 bits per heavy atom. The van der Waals surface area contributed by atoms with Gasteiger partial charge in [-0.25, -0.2) is 0 Å². The van der Waals surface area contributed by atoms with Gasteiger partial charge in [-0.15, -0.1) is 23.2 Å². The molecule has 68 valence electrons. The minimum atomic E-state index is -2.21. The Balaban J connectivity index is 3.96. The third-order valence-corrected chi connectivity index (χ3v) is 6.11. The highest BCUT2D eigenvalue weighted by Gasteiger charge is 2.35. The van der Waals surface area contributed by atoms with Gasteiger partial charge in [0.05, 0.1) is 11.0 Å². The van der Waals surface area contributed by atoms with Crippen molar-refractivity contribution in [3.8, 4) is 0 Å². The van der Waals surface area contributed by atoms with Crippen LogP contribution >= 0.6 is 23.2 Å². The van der Waals surface area contributed by atoms with E-state index >= 15 is 0 Å². The van der Waals surface area contributed by atoms with Crippen LogP contribution in [0.5, 0.6) is 0 Å². The van der Waals surface area contributed by atoms with Crippen LogP contribution in [0.25, 0.3) is 0 Å². The molecule has 0 aromatic rings. The Labute approximate surface area is 79.0 Å². The molecule has 0 bridgehead atoms. The van der Waals surface area contributed by atoms with E-state index in [0.717, 1.165) is 0 Å². The first kappa shape index (κ1) is 11.7. The molecular weight excluding hydrogens is 203 g/mol. The molecule has 0 fully saturated rings. The van der Waals surface area contributed by atoms with Crippen LogP contribution in [0.3, 0.4) is 0 Å². The summed E-state index contributed by atoms with van der Waals surface area (Å²) in [5, 5.41) is 0. The van der Waals surface area contributed by atoms with E-state index in [9.17, 15) is 0 Å². The summed E-state index contributed by atoms with van der Waals surface area (Å²) in [6.07, 6.45) is 0. The zero-order valence-corrected chi connectivity index (χ0v) is 9.41. The summed E-state index contributed by atoms with van der Waals surface area (Å²) in [6.45, 7) is 5.07. The molecule has 0 aromatic carbocycles. The minimum absolute atomic E-state index is 0.401. The first-order chi connectivity index (χ1) is 5.24. The van der Waals surface area contributed by atoms with Gasteiger partial charge in [-0.05, 0) is 13.8 Å². The predicted octanol–water partition coefficient (Wildman–Crippen LogP) is 2.06. The fourth-order valence-corrected chi connectivity index (χ4v) is 4.06. The number of alkyl halides is 2. The Morgan fingerprint density at radius 2 is 1.36 bits per heavy atom. The second-order valence-corrected chi connectivity index (χ2v) is 6.58. The van der Waals surface area contributed by atoms with E-state index in [0.29, 0.717) is 24.2 Å². The Hall–Kier alpha value is 0.717. The highest BCUT2D eigenvalue weighted by Crippen LogP contribution is 2.11. The first-order valence-electron chi connectivity index (χ1n) is 3.64. The molecular formula is C6H14Cl2O2Si. The maximum atomic E-state index is 5.71. The van der Waals surface area contributed by atoms with Crippen molar-refractivity contribution in [3.05, 3.63) is 0 Å². The predicted molar refractivity (Wildman–Crippen MR) is 50.4 cm³/mol. The molecule has 5 heteroatoms. The third-order valence-electron chi connectivity index (χ3n) is 1.22. The van der Waals surface area contributed by atoms with Gasteiger partial charge in [0.15, 0.2) is 0 Å². The van der Waals surface area contributed by atoms with Crippen molar-refractivity contribution in [2.75, 3.05) is 24.2 Å². The van der Waals surface area contributed by atoms with Crippen molar-refractivity contribution >= 4 is 31.8 Å². The summed E-state index contributed by atoms with van der Waals surface area (Å²) in [7, 11) is -2.21. The van der Waals surface area contributed by atoms with Gasteiger partial charge < -0.3 is 8.85 Å². The van der Waals surface area contributed by atoms with Crippen LogP contribution in [0.15, 0.2) is 0 Å². The lowest BCUT2D eigenvalue weighted by atomic mass is 10.9. The number of hydrogen-bond acceptors (Lipinski definition) is 2. The van der Waals surface area contributed by atoms with Gasteiger partial charge in [0, 0.05) is 13.2 Å². The Bertz CT molecular complexity index is 90.6. The van der Waals surface area contributed by atoms with E-state index in [1.54, 1.807) is 0 Å².